The number of aromatic nitrogens is 2. The van der Waals surface area contributed by atoms with Gasteiger partial charge in [0, 0.05) is 5.56 Å². The summed E-state index contributed by atoms with van der Waals surface area (Å²) in [5.74, 6) is -57.4. The molecule has 0 saturated carbocycles. The second-order valence-corrected chi connectivity index (χ2v) is 9.23. The molecule has 0 aliphatic carbocycles. The van der Waals surface area contributed by atoms with Crippen molar-refractivity contribution in [2.75, 3.05) is 0 Å². The third-order valence-corrected chi connectivity index (χ3v) is 6.35. The zero-order chi connectivity index (χ0) is 33.4. The van der Waals surface area contributed by atoms with Gasteiger partial charge in [0.05, 0.1) is 16.7 Å². The summed E-state index contributed by atoms with van der Waals surface area (Å²) >= 11 is 0. The van der Waals surface area contributed by atoms with E-state index in [-0.39, 0.29) is 11.1 Å². The van der Waals surface area contributed by atoms with Crippen molar-refractivity contribution in [3.05, 3.63) is 59.3 Å². The Balaban J connectivity index is 2.32. The van der Waals surface area contributed by atoms with E-state index in [0.29, 0.717) is 5.56 Å². The van der Waals surface area contributed by atoms with Gasteiger partial charge in [-0.2, -0.15) is 74.6 Å². The Hall–Kier alpha value is -3.41. The predicted octanol–water partition coefficient (Wildman–Crippen LogP) is 9.38. The summed E-state index contributed by atoms with van der Waals surface area (Å²) in [4.78, 5) is 6.71. The molecule has 0 aliphatic rings. The maximum atomic E-state index is 15.3. The van der Waals surface area contributed by atoms with Gasteiger partial charge >= 0.3 is 47.6 Å². The number of fused-ring (bicyclic) bond motifs is 1. The molecule has 1 heterocycles. The predicted molar refractivity (Wildman–Crippen MR) is 114 cm³/mol. The lowest BCUT2D eigenvalue weighted by molar-refractivity contribution is -0.462. The summed E-state index contributed by atoms with van der Waals surface area (Å²) in [6.45, 7) is 2.78. The number of halogens is 17. The molecule has 19 heteroatoms. The van der Waals surface area contributed by atoms with Gasteiger partial charge in [0.25, 0.3) is 0 Å². The summed E-state index contributed by atoms with van der Waals surface area (Å²) < 4.78 is 235. The van der Waals surface area contributed by atoms with Crippen LogP contribution in [0.5, 0.6) is 0 Å². The zero-order valence-corrected chi connectivity index (χ0v) is 20.9. The topological polar surface area (TPSA) is 25.8 Å². The van der Waals surface area contributed by atoms with Gasteiger partial charge in [-0.1, -0.05) is 30.3 Å². The summed E-state index contributed by atoms with van der Waals surface area (Å²) in [7, 11) is 0. The van der Waals surface area contributed by atoms with Crippen LogP contribution in [0.1, 0.15) is 16.8 Å². The Morgan fingerprint density at radius 2 is 0.837 bits per heavy atom. The fourth-order valence-corrected chi connectivity index (χ4v) is 3.64. The number of alkyl halides is 17. The molecule has 0 atom stereocenters. The lowest BCUT2D eigenvalue weighted by Crippen LogP contribution is -2.74. The van der Waals surface area contributed by atoms with Gasteiger partial charge in [-0.15, -0.1) is 0 Å². The minimum Gasteiger partial charge on any atom is -0.244 e. The van der Waals surface area contributed by atoms with E-state index in [1.165, 1.54) is 19.9 Å². The highest BCUT2D eigenvalue weighted by molar-refractivity contribution is 5.80. The molecule has 0 N–H and O–H groups in total. The molecule has 0 fully saturated rings. The van der Waals surface area contributed by atoms with Gasteiger partial charge in [0.2, 0.25) is 0 Å². The molecular formula is C24H13F17N2. The smallest absolute Gasteiger partial charge is 0.244 e. The van der Waals surface area contributed by atoms with Crippen LogP contribution in [0.15, 0.2) is 42.5 Å². The zero-order valence-electron chi connectivity index (χ0n) is 20.9. The number of rotatable bonds is 8. The molecule has 0 amide bonds. The van der Waals surface area contributed by atoms with Crippen molar-refractivity contribution in [2.24, 2.45) is 0 Å². The Morgan fingerprint density at radius 1 is 0.465 bits per heavy atom. The summed E-state index contributed by atoms with van der Waals surface area (Å²) in [6.07, 6.45) is -7.82. The second kappa shape index (κ2) is 9.80. The van der Waals surface area contributed by atoms with Gasteiger partial charge < -0.3 is 0 Å². The lowest BCUT2D eigenvalue weighted by Gasteiger charge is -2.42. The molecule has 0 spiro atoms. The van der Waals surface area contributed by atoms with Crippen LogP contribution >= 0.6 is 0 Å². The fourth-order valence-electron chi connectivity index (χ4n) is 3.64. The molecule has 3 rings (SSSR count). The molecule has 0 unspecified atom stereocenters. The fraction of sp³-hybridized carbons (Fsp3) is 0.417. The van der Waals surface area contributed by atoms with Crippen molar-refractivity contribution in [2.45, 2.75) is 61.5 Å². The highest BCUT2D eigenvalue weighted by Crippen LogP contribution is 2.65. The van der Waals surface area contributed by atoms with E-state index in [9.17, 15) is 65.9 Å². The highest BCUT2D eigenvalue weighted by Gasteiger charge is 2.95. The first kappa shape index (κ1) is 34.1. The lowest BCUT2D eigenvalue weighted by atomic mass is 9.87. The van der Waals surface area contributed by atoms with Gasteiger partial charge in [0.15, 0.2) is 0 Å². The molecule has 0 bridgehead atoms. The summed E-state index contributed by atoms with van der Waals surface area (Å²) in [6, 6.07) is 7.11. The minimum atomic E-state index is -8.71. The van der Waals surface area contributed by atoms with Gasteiger partial charge in [-0.3, -0.25) is 0 Å². The van der Waals surface area contributed by atoms with Crippen molar-refractivity contribution in [3.8, 4) is 11.3 Å². The van der Waals surface area contributed by atoms with E-state index in [1.54, 1.807) is 0 Å². The first-order chi connectivity index (χ1) is 19.1. The van der Waals surface area contributed by atoms with Crippen LogP contribution in [0, 0.1) is 13.8 Å². The number of aryl methyl sites for hydroxylation is 2. The monoisotopic (exact) mass is 652 g/mol. The van der Waals surface area contributed by atoms with E-state index in [2.05, 4.69) is 9.97 Å². The van der Waals surface area contributed by atoms with E-state index in [1.807, 2.05) is 0 Å². The Labute approximate surface area is 228 Å². The maximum Gasteiger partial charge on any atom is 0.460 e. The van der Waals surface area contributed by atoms with E-state index < -0.39 is 70.1 Å². The molecule has 0 aliphatic heterocycles. The van der Waals surface area contributed by atoms with E-state index in [0.717, 1.165) is 36.4 Å². The average Bonchev–Trinajstić information content (AvgIpc) is 2.87. The summed E-state index contributed by atoms with van der Waals surface area (Å²) in [5.41, 5.74) is -5.12. The molecule has 238 valence electrons. The van der Waals surface area contributed by atoms with Crippen LogP contribution in [-0.2, 0) is 5.92 Å². The van der Waals surface area contributed by atoms with Gasteiger partial charge in [-0.05, 0) is 37.1 Å². The quantitative estimate of drug-likeness (QED) is 0.227. The molecule has 1 aromatic heterocycles. The van der Waals surface area contributed by atoms with Crippen molar-refractivity contribution >= 4 is 11.0 Å². The van der Waals surface area contributed by atoms with Crippen molar-refractivity contribution in [3.63, 3.8) is 0 Å². The van der Waals surface area contributed by atoms with Crippen LogP contribution in [0.4, 0.5) is 74.6 Å². The second-order valence-electron chi connectivity index (χ2n) is 9.23. The Kier molecular flexibility index (Phi) is 7.77. The number of hydrogen-bond donors (Lipinski definition) is 0. The maximum absolute atomic E-state index is 15.3. The Bertz CT molecular complexity index is 1510. The SMILES string of the molecule is Cc1cc2nc(-c3ccccc3)c(C(F)(F)C(F)(F)C(F)(F)C(F)(F)C(F)(F)C(F)(F)C(F)(F)C(F)(F)F)nc2cc1C. The normalized spacial score (nSPS) is 14.9. The third kappa shape index (κ3) is 4.63. The Morgan fingerprint density at radius 3 is 1.26 bits per heavy atom. The van der Waals surface area contributed by atoms with Crippen molar-refractivity contribution in [1.82, 2.24) is 9.97 Å². The van der Waals surface area contributed by atoms with Crippen LogP contribution in [0.2, 0.25) is 0 Å². The van der Waals surface area contributed by atoms with Gasteiger partial charge in [0.1, 0.15) is 5.69 Å². The molecule has 43 heavy (non-hydrogen) atoms. The van der Waals surface area contributed by atoms with Gasteiger partial charge in [-0.25, -0.2) is 9.97 Å². The summed E-state index contributed by atoms with van der Waals surface area (Å²) in [5, 5.41) is 0. The molecule has 3 aromatic rings. The van der Waals surface area contributed by atoms with Crippen LogP contribution in [0.25, 0.3) is 22.3 Å². The molecule has 2 nitrogen and oxygen atoms in total. The molecule has 2 aromatic carbocycles. The number of nitrogens with zero attached hydrogens (tertiary/aromatic N) is 2. The van der Waals surface area contributed by atoms with Crippen molar-refractivity contribution < 1.29 is 74.6 Å². The molecular weight excluding hydrogens is 639 g/mol. The largest absolute Gasteiger partial charge is 0.460 e. The number of hydrogen-bond acceptors (Lipinski definition) is 2. The molecule has 0 saturated heterocycles. The van der Waals surface area contributed by atoms with Crippen LogP contribution < -0.4 is 0 Å². The number of benzene rings is 2. The third-order valence-electron chi connectivity index (χ3n) is 6.35. The average molecular weight is 652 g/mol. The highest BCUT2D eigenvalue weighted by atomic mass is 19.4. The van der Waals surface area contributed by atoms with Crippen LogP contribution in [0.3, 0.4) is 0 Å². The van der Waals surface area contributed by atoms with Crippen molar-refractivity contribution in [1.29, 1.82) is 0 Å². The molecule has 0 radical (unpaired) electrons. The standard InChI is InChI=1S/C24H13F17N2/c1-10-8-13-14(9-11(10)2)43-16(15(42-13)12-6-4-3-5-7-12)17(25,26)18(27,28)19(29,30)20(31,32)21(33,34)22(35,36)23(37,38)24(39,40)41/h3-9H,1-2H3. The minimum absolute atomic E-state index is 0.208. The first-order valence-corrected chi connectivity index (χ1v) is 11.2. The van der Waals surface area contributed by atoms with Crippen LogP contribution in [-0.4, -0.2) is 51.7 Å². The van der Waals surface area contributed by atoms with E-state index in [4.69, 9.17) is 0 Å². The van der Waals surface area contributed by atoms with E-state index >= 15 is 8.78 Å². The first-order valence-electron chi connectivity index (χ1n) is 11.2.